The van der Waals surface area contributed by atoms with Crippen molar-refractivity contribution in [1.29, 1.82) is 0 Å². The number of halogens is 1. The van der Waals surface area contributed by atoms with E-state index in [2.05, 4.69) is 15.0 Å². The van der Waals surface area contributed by atoms with Gasteiger partial charge in [-0.05, 0) is 5.92 Å². The molecule has 0 radical (unpaired) electrons. The monoisotopic (exact) mass is 172 g/mol. The molecule has 1 aliphatic rings. The maximum Gasteiger partial charge on any atom is 0.267 e. The van der Waals surface area contributed by atoms with E-state index in [1.165, 1.54) is 7.11 Å². The van der Waals surface area contributed by atoms with Gasteiger partial charge in [0.15, 0.2) is 0 Å². The molecular formula is C8H13FN2O. The summed E-state index contributed by atoms with van der Waals surface area (Å²) in [7, 11) is 1.39. The minimum absolute atomic E-state index is 0.0203. The number of rotatable bonds is 2. The van der Waals surface area contributed by atoms with Gasteiger partial charge in [-0.2, -0.15) is 4.39 Å². The van der Waals surface area contributed by atoms with Crippen LogP contribution in [-0.2, 0) is 4.74 Å². The Hall–Kier alpha value is -1.06. The molecule has 1 heterocycles. The number of methoxy groups -OCH3 is 1. The summed E-state index contributed by atoms with van der Waals surface area (Å²) < 4.78 is 17.7. The van der Waals surface area contributed by atoms with Crippen LogP contribution in [-0.4, -0.2) is 19.4 Å². The van der Waals surface area contributed by atoms with Crippen molar-refractivity contribution in [2.24, 2.45) is 10.9 Å². The Bertz CT molecular complexity index is 223. The van der Waals surface area contributed by atoms with E-state index in [9.17, 15) is 4.39 Å². The Morgan fingerprint density at radius 2 is 2.33 bits per heavy atom. The lowest BCUT2D eigenvalue weighted by Crippen LogP contribution is -2.36. The smallest absolute Gasteiger partial charge is 0.267 e. The van der Waals surface area contributed by atoms with Crippen LogP contribution >= 0.6 is 0 Å². The van der Waals surface area contributed by atoms with Crippen LogP contribution in [0.25, 0.3) is 0 Å². The largest absolute Gasteiger partial charge is 0.478 e. The molecule has 0 saturated carbocycles. The molecule has 0 aliphatic carbocycles. The van der Waals surface area contributed by atoms with Gasteiger partial charge in [0, 0.05) is 6.21 Å². The Kier molecular flexibility index (Phi) is 2.68. The first kappa shape index (κ1) is 9.03. The lowest BCUT2D eigenvalue weighted by molar-refractivity contribution is 0.256. The summed E-state index contributed by atoms with van der Waals surface area (Å²) in [6, 6.07) is -0.0381. The SMILES string of the molecule is COC1=C(F)NC(C(C)C)C=N1. The zero-order chi connectivity index (χ0) is 9.14. The number of hydrogen-bond acceptors (Lipinski definition) is 3. The number of aliphatic imine (C=N–C) groups is 1. The Morgan fingerprint density at radius 1 is 1.67 bits per heavy atom. The third-order valence-corrected chi connectivity index (χ3v) is 1.75. The first-order chi connectivity index (χ1) is 5.65. The topological polar surface area (TPSA) is 33.6 Å². The fraction of sp³-hybridized carbons (Fsp3) is 0.625. The highest BCUT2D eigenvalue weighted by Gasteiger charge is 2.19. The van der Waals surface area contributed by atoms with Crippen LogP contribution in [0.5, 0.6) is 0 Å². The molecule has 3 nitrogen and oxygen atoms in total. The van der Waals surface area contributed by atoms with Gasteiger partial charge in [-0.1, -0.05) is 13.8 Å². The van der Waals surface area contributed by atoms with E-state index < -0.39 is 5.95 Å². The highest BCUT2D eigenvalue weighted by Crippen LogP contribution is 2.13. The summed E-state index contributed by atoms with van der Waals surface area (Å²) in [5.74, 6) is -0.150. The number of nitrogens with one attached hydrogen (secondary N) is 1. The fourth-order valence-electron chi connectivity index (χ4n) is 0.931. The van der Waals surface area contributed by atoms with Crippen molar-refractivity contribution in [3.8, 4) is 0 Å². The molecule has 0 spiro atoms. The molecule has 12 heavy (non-hydrogen) atoms. The Labute approximate surface area is 71.3 Å². The second-order valence-corrected chi connectivity index (χ2v) is 3.02. The highest BCUT2D eigenvalue weighted by molar-refractivity contribution is 5.67. The summed E-state index contributed by atoms with van der Waals surface area (Å²) in [4.78, 5) is 3.83. The molecule has 68 valence electrons. The van der Waals surface area contributed by atoms with E-state index in [-0.39, 0.29) is 11.9 Å². The minimum Gasteiger partial charge on any atom is -0.478 e. The van der Waals surface area contributed by atoms with Crippen molar-refractivity contribution in [2.45, 2.75) is 19.9 Å². The van der Waals surface area contributed by atoms with Crippen molar-refractivity contribution in [3.05, 3.63) is 11.8 Å². The van der Waals surface area contributed by atoms with Crippen molar-refractivity contribution >= 4 is 6.21 Å². The van der Waals surface area contributed by atoms with Gasteiger partial charge in [-0.3, -0.25) is 0 Å². The maximum absolute atomic E-state index is 13.0. The lowest BCUT2D eigenvalue weighted by Gasteiger charge is -2.21. The minimum atomic E-state index is -0.487. The molecule has 1 N–H and O–H groups in total. The van der Waals surface area contributed by atoms with Crippen LogP contribution in [0.3, 0.4) is 0 Å². The predicted molar refractivity (Wildman–Crippen MR) is 45.4 cm³/mol. The van der Waals surface area contributed by atoms with Crippen molar-refractivity contribution in [3.63, 3.8) is 0 Å². The molecule has 1 rings (SSSR count). The van der Waals surface area contributed by atoms with Crippen molar-refractivity contribution < 1.29 is 9.13 Å². The van der Waals surface area contributed by atoms with Crippen molar-refractivity contribution in [1.82, 2.24) is 5.32 Å². The zero-order valence-corrected chi connectivity index (χ0v) is 7.47. The standard InChI is InChI=1S/C8H13FN2O/c1-5(2)6-4-10-8(12-3)7(9)11-6/h4-6,11H,1-3H3. The van der Waals surface area contributed by atoms with Crippen LogP contribution in [0.1, 0.15) is 13.8 Å². The molecular weight excluding hydrogens is 159 g/mol. The van der Waals surface area contributed by atoms with Gasteiger partial charge in [0.1, 0.15) is 0 Å². The second-order valence-electron chi connectivity index (χ2n) is 3.02. The van der Waals surface area contributed by atoms with Gasteiger partial charge < -0.3 is 10.1 Å². The maximum atomic E-state index is 13.0. The summed E-state index contributed by atoms with van der Waals surface area (Å²) >= 11 is 0. The van der Waals surface area contributed by atoms with Gasteiger partial charge in [-0.25, -0.2) is 4.99 Å². The van der Waals surface area contributed by atoms with Crippen LogP contribution < -0.4 is 5.32 Å². The van der Waals surface area contributed by atoms with Crippen LogP contribution in [0.4, 0.5) is 4.39 Å². The molecule has 0 saturated heterocycles. The molecule has 0 amide bonds. The van der Waals surface area contributed by atoms with Gasteiger partial charge in [-0.15, -0.1) is 0 Å². The average molecular weight is 172 g/mol. The van der Waals surface area contributed by atoms with E-state index in [1.807, 2.05) is 13.8 Å². The molecule has 0 bridgehead atoms. The number of nitrogens with zero attached hydrogens (tertiary/aromatic N) is 1. The van der Waals surface area contributed by atoms with Crippen molar-refractivity contribution in [2.75, 3.05) is 7.11 Å². The van der Waals surface area contributed by atoms with Gasteiger partial charge in [0.25, 0.3) is 5.88 Å². The van der Waals surface area contributed by atoms with E-state index in [0.717, 1.165) is 0 Å². The van der Waals surface area contributed by atoms with Crippen LogP contribution in [0.15, 0.2) is 16.8 Å². The zero-order valence-electron chi connectivity index (χ0n) is 7.47. The summed E-state index contributed by atoms with van der Waals surface area (Å²) in [5.41, 5.74) is 0. The average Bonchev–Trinajstić information content (AvgIpc) is 2.04. The third-order valence-electron chi connectivity index (χ3n) is 1.75. The molecule has 0 fully saturated rings. The van der Waals surface area contributed by atoms with Gasteiger partial charge >= 0.3 is 0 Å². The summed E-state index contributed by atoms with van der Waals surface area (Å²) in [6.45, 7) is 3.99. The van der Waals surface area contributed by atoms with Gasteiger partial charge in [0.2, 0.25) is 5.95 Å². The lowest BCUT2D eigenvalue weighted by atomic mass is 10.1. The van der Waals surface area contributed by atoms with Crippen LogP contribution in [0, 0.1) is 5.92 Å². The summed E-state index contributed by atoms with van der Waals surface area (Å²) in [5, 5.41) is 2.66. The Balaban J connectivity index is 2.68. The summed E-state index contributed by atoms with van der Waals surface area (Å²) in [6.07, 6.45) is 1.66. The number of hydrogen-bond donors (Lipinski definition) is 1. The Morgan fingerprint density at radius 3 is 2.75 bits per heavy atom. The van der Waals surface area contributed by atoms with E-state index >= 15 is 0 Å². The molecule has 0 aromatic heterocycles. The molecule has 0 aromatic rings. The first-order valence-corrected chi connectivity index (χ1v) is 3.89. The molecule has 0 aromatic carbocycles. The number of ether oxygens (including phenoxy) is 1. The van der Waals surface area contributed by atoms with Crippen LogP contribution in [0.2, 0.25) is 0 Å². The van der Waals surface area contributed by atoms with E-state index in [0.29, 0.717) is 5.92 Å². The highest BCUT2D eigenvalue weighted by atomic mass is 19.1. The van der Waals surface area contributed by atoms with E-state index in [1.54, 1.807) is 6.21 Å². The van der Waals surface area contributed by atoms with Gasteiger partial charge in [0.05, 0.1) is 13.2 Å². The fourth-order valence-corrected chi connectivity index (χ4v) is 0.931. The quantitative estimate of drug-likeness (QED) is 0.639. The second kappa shape index (κ2) is 3.56. The predicted octanol–water partition coefficient (Wildman–Crippen LogP) is 1.43. The molecule has 4 heteroatoms. The van der Waals surface area contributed by atoms with E-state index in [4.69, 9.17) is 0 Å². The third kappa shape index (κ3) is 1.75. The first-order valence-electron chi connectivity index (χ1n) is 3.89. The molecule has 1 aliphatic heterocycles. The molecule has 1 atom stereocenters. The normalized spacial score (nSPS) is 22.9. The molecule has 1 unspecified atom stereocenters.